The molecule has 1 fully saturated rings. The summed E-state index contributed by atoms with van der Waals surface area (Å²) < 4.78 is 0. The van der Waals surface area contributed by atoms with Crippen LogP contribution in [0.4, 0.5) is 0 Å². The molecule has 1 aromatic carbocycles. The second kappa shape index (κ2) is 8.63. The summed E-state index contributed by atoms with van der Waals surface area (Å²) in [6.07, 6.45) is 1.12. The third kappa shape index (κ3) is 5.32. The van der Waals surface area contributed by atoms with Crippen molar-refractivity contribution in [2.24, 2.45) is 5.92 Å². The van der Waals surface area contributed by atoms with Crippen molar-refractivity contribution in [3.63, 3.8) is 0 Å². The maximum absolute atomic E-state index is 12.5. The first-order valence-electron chi connectivity index (χ1n) is 9.15. The van der Waals surface area contributed by atoms with Crippen molar-refractivity contribution in [1.82, 2.24) is 15.1 Å². The normalized spacial score (nSPS) is 17.9. The average Bonchev–Trinajstić information content (AvgIpc) is 2.54. The summed E-state index contributed by atoms with van der Waals surface area (Å²) in [4.78, 5) is 17.4. The minimum absolute atomic E-state index is 0.0426. The number of benzene rings is 1. The zero-order valence-electron chi connectivity index (χ0n) is 15.9. The Bertz CT molecular complexity index is 548. The second-order valence-electron chi connectivity index (χ2n) is 7.63. The topological polar surface area (TPSA) is 35.6 Å². The highest BCUT2D eigenvalue weighted by Gasteiger charge is 2.23. The summed E-state index contributed by atoms with van der Waals surface area (Å²) in [5.74, 6) is 0.675. The van der Waals surface area contributed by atoms with Crippen molar-refractivity contribution in [1.29, 1.82) is 0 Å². The van der Waals surface area contributed by atoms with Crippen LogP contribution in [0.25, 0.3) is 0 Å². The fourth-order valence-corrected chi connectivity index (χ4v) is 3.29. The van der Waals surface area contributed by atoms with Gasteiger partial charge in [-0.3, -0.25) is 9.69 Å². The molecule has 1 aliphatic heterocycles. The van der Waals surface area contributed by atoms with Crippen LogP contribution in [0.15, 0.2) is 18.2 Å². The molecule has 4 heteroatoms. The van der Waals surface area contributed by atoms with Gasteiger partial charge in [-0.1, -0.05) is 19.9 Å². The number of likely N-dealkylation sites (N-methyl/N-ethyl adjacent to an activating group) is 1. The molecule has 1 saturated heterocycles. The van der Waals surface area contributed by atoms with Crippen LogP contribution in [0.5, 0.6) is 0 Å². The van der Waals surface area contributed by atoms with Gasteiger partial charge in [-0.2, -0.15) is 0 Å². The zero-order valence-corrected chi connectivity index (χ0v) is 15.9. The standard InChI is InChI=1S/C20H33N3O/c1-15(2)12-19(23-10-8-22(5)9-11-23)14-21-20(24)18-7-6-16(3)17(4)13-18/h6-7,13,15,19H,8-12,14H2,1-5H3,(H,21,24). The van der Waals surface area contributed by atoms with E-state index in [9.17, 15) is 4.79 Å². The Kier molecular flexibility index (Phi) is 6.81. The molecule has 134 valence electrons. The first kappa shape index (κ1) is 18.9. The van der Waals surface area contributed by atoms with Gasteiger partial charge in [0.2, 0.25) is 0 Å². The SMILES string of the molecule is Cc1ccc(C(=O)NCC(CC(C)C)N2CCN(C)CC2)cc1C. The first-order chi connectivity index (χ1) is 11.4. The predicted molar refractivity (Wildman–Crippen MR) is 101 cm³/mol. The highest BCUT2D eigenvalue weighted by atomic mass is 16.1. The van der Waals surface area contributed by atoms with Crippen LogP contribution in [0.2, 0.25) is 0 Å². The number of hydrogen-bond acceptors (Lipinski definition) is 3. The van der Waals surface area contributed by atoms with E-state index in [1.54, 1.807) is 0 Å². The molecule has 1 heterocycles. The van der Waals surface area contributed by atoms with Crippen LogP contribution in [0, 0.1) is 19.8 Å². The smallest absolute Gasteiger partial charge is 0.251 e. The number of hydrogen-bond donors (Lipinski definition) is 1. The van der Waals surface area contributed by atoms with Crippen molar-refractivity contribution in [3.05, 3.63) is 34.9 Å². The monoisotopic (exact) mass is 331 g/mol. The zero-order chi connectivity index (χ0) is 17.7. The van der Waals surface area contributed by atoms with E-state index >= 15 is 0 Å². The molecule has 1 unspecified atom stereocenters. The summed E-state index contributed by atoms with van der Waals surface area (Å²) >= 11 is 0. The molecule has 0 aliphatic carbocycles. The lowest BCUT2D eigenvalue weighted by Gasteiger charge is -2.38. The number of aryl methyl sites for hydroxylation is 2. The first-order valence-corrected chi connectivity index (χ1v) is 9.15. The van der Waals surface area contributed by atoms with Crippen LogP contribution in [-0.2, 0) is 0 Å². The van der Waals surface area contributed by atoms with Crippen LogP contribution >= 0.6 is 0 Å². The predicted octanol–water partition coefficient (Wildman–Crippen LogP) is 2.70. The molecular formula is C20H33N3O. The van der Waals surface area contributed by atoms with Gasteiger partial charge < -0.3 is 10.2 Å². The Balaban J connectivity index is 1.96. The minimum Gasteiger partial charge on any atom is -0.350 e. The molecular weight excluding hydrogens is 298 g/mol. The molecule has 0 saturated carbocycles. The van der Waals surface area contributed by atoms with Crippen molar-refractivity contribution >= 4 is 5.91 Å². The number of nitrogens with one attached hydrogen (secondary N) is 1. The molecule has 0 radical (unpaired) electrons. The number of carbonyl (C=O) groups is 1. The highest BCUT2D eigenvalue weighted by molar-refractivity contribution is 5.94. The Morgan fingerprint density at radius 1 is 1.12 bits per heavy atom. The molecule has 1 atom stereocenters. The van der Waals surface area contributed by atoms with E-state index in [0.29, 0.717) is 12.0 Å². The summed E-state index contributed by atoms with van der Waals surface area (Å²) in [6, 6.07) is 6.36. The number of nitrogens with zero attached hydrogens (tertiary/aromatic N) is 2. The highest BCUT2D eigenvalue weighted by Crippen LogP contribution is 2.14. The maximum Gasteiger partial charge on any atom is 0.251 e. The van der Waals surface area contributed by atoms with Crippen LogP contribution in [0.3, 0.4) is 0 Å². The van der Waals surface area contributed by atoms with Gasteiger partial charge in [-0.05, 0) is 56.5 Å². The number of rotatable bonds is 6. The molecule has 24 heavy (non-hydrogen) atoms. The van der Waals surface area contributed by atoms with E-state index in [-0.39, 0.29) is 5.91 Å². The van der Waals surface area contributed by atoms with Crippen molar-refractivity contribution in [2.45, 2.75) is 40.2 Å². The summed E-state index contributed by atoms with van der Waals surface area (Å²) in [5.41, 5.74) is 3.15. The lowest BCUT2D eigenvalue weighted by molar-refractivity contribution is 0.0850. The van der Waals surface area contributed by atoms with Crippen LogP contribution in [0.1, 0.15) is 41.8 Å². The molecule has 1 aliphatic rings. The molecule has 0 aromatic heterocycles. The summed E-state index contributed by atoms with van der Waals surface area (Å²) in [5, 5.41) is 3.17. The van der Waals surface area contributed by atoms with E-state index in [0.717, 1.165) is 44.7 Å². The van der Waals surface area contributed by atoms with Gasteiger partial charge in [0.1, 0.15) is 0 Å². The van der Waals surface area contributed by atoms with E-state index in [2.05, 4.69) is 49.9 Å². The third-order valence-electron chi connectivity index (χ3n) is 5.07. The molecule has 4 nitrogen and oxygen atoms in total. The Morgan fingerprint density at radius 2 is 1.79 bits per heavy atom. The van der Waals surface area contributed by atoms with Crippen molar-refractivity contribution in [2.75, 3.05) is 39.8 Å². The van der Waals surface area contributed by atoms with Crippen LogP contribution < -0.4 is 5.32 Å². The van der Waals surface area contributed by atoms with Gasteiger partial charge in [-0.25, -0.2) is 0 Å². The fraction of sp³-hybridized carbons (Fsp3) is 0.650. The third-order valence-corrected chi connectivity index (χ3v) is 5.07. The Labute approximate surface area is 147 Å². The number of piperazine rings is 1. The Hall–Kier alpha value is -1.39. The average molecular weight is 332 g/mol. The lowest BCUT2D eigenvalue weighted by atomic mass is 10.0. The molecule has 1 amide bonds. The van der Waals surface area contributed by atoms with Gasteiger partial charge >= 0.3 is 0 Å². The second-order valence-corrected chi connectivity index (χ2v) is 7.63. The van der Waals surface area contributed by atoms with Gasteiger partial charge in [-0.15, -0.1) is 0 Å². The van der Waals surface area contributed by atoms with E-state index in [4.69, 9.17) is 0 Å². The minimum atomic E-state index is 0.0426. The summed E-state index contributed by atoms with van der Waals surface area (Å²) in [6.45, 7) is 13.8. The van der Waals surface area contributed by atoms with Gasteiger partial charge in [0.05, 0.1) is 0 Å². The molecule has 0 spiro atoms. The van der Waals surface area contributed by atoms with Gasteiger partial charge in [0.25, 0.3) is 5.91 Å². The fourth-order valence-electron chi connectivity index (χ4n) is 3.29. The van der Waals surface area contributed by atoms with E-state index in [1.807, 2.05) is 18.2 Å². The van der Waals surface area contributed by atoms with Crippen molar-refractivity contribution < 1.29 is 4.79 Å². The Morgan fingerprint density at radius 3 is 2.38 bits per heavy atom. The number of amides is 1. The van der Waals surface area contributed by atoms with Crippen LogP contribution in [-0.4, -0.2) is 61.5 Å². The largest absolute Gasteiger partial charge is 0.350 e. The quantitative estimate of drug-likeness (QED) is 0.870. The van der Waals surface area contributed by atoms with Gasteiger partial charge in [0.15, 0.2) is 0 Å². The molecule has 1 N–H and O–H groups in total. The van der Waals surface area contributed by atoms with E-state index in [1.165, 1.54) is 11.1 Å². The molecule has 0 bridgehead atoms. The molecule has 1 aromatic rings. The van der Waals surface area contributed by atoms with Crippen molar-refractivity contribution in [3.8, 4) is 0 Å². The lowest BCUT2D eigenvalue weighted by Crippen LogP contribution is -2.52. The van der Waals surface area contributed by atoms with Gasteiger partial charge in [0, 0.05) is 44.3 Å². The molecule has 2 rings (SSSR count). The maximum atomic E-state index is 12.5. The number of carbonyl (C=O) groups excluding carboxylic acids is 1. The van der Waals surface area contributed by atoms with E-state index < -0.39 is 0 Å². The summed E-state index contributed by atoms with van der Waals surface area (Å²) in [7, 11) is 2.18.